The van der Waals surface area contributed by atoms with Crippen molar-refractivity contribution >= 4 is 5.97 Å². The average Bonchev–Trinajstić information content (AvgIpc) is 2.70. The first-order valence-electron chi connectivity index (χ1n) is 5.08. The Labute approximate surface area is 97.3 Å². The van der Waals surface area contributed by atoms with Crippen molar-refractivity contribution in [1.82, 2.24) is 0 Å². The summed E-state index contributed by atoms with van der Waals surface area (Å²) in [6.45, 7) is 0. The minimum absolute atomic E-state index is 0.421. The molecule has 102 valence electrons. The van der Waals surface area contributed by atoms with Crippen molar-refractivity contribution in [2.45, 2.75) is 18.8 Å². The van der Waals surface area contributed by atoms with Crippen LogP contribution in [0.1, 0.15) is 6.42 Å². The molecule has 2 bridgehead atoms. The molecule has 2 rings (SSSR count). The van der Waals surface area contributed by atoms with E-state index in [0.29, 0.717) is 0 Å². The van der Waals surface area contributed by atoms with Gasteiger partial charge in [-0.05, 0) is 12.3 Å². The Morgan fingerprint density at radius 1 is 1.11 bits per heavy atom. The van der Waals surface area contributed by atoms with Gasteiger partial charge in [0.15, 0.2) is 5.41 Å². The van der Waals surface area contributed by atoms with E-state index < -0.39 is 47.9 Å². The maximum Gasteiger partial charge on any atom is 0.404 e. The van der Waals surface area contributed by atoms with Crippen LogP contribution in [0.2, 0.25) is 0 Å². The molecule has 1 saturated carbocycles. The Hall–Kier alpha value is -1.21. The lowest BCUT2D eigenvalue weighted by Crippen LogP contribution is -2.59. The fraction of sp³-hybridized carbons (Fsp3) is 0.700. The summed E-state index contributed by atoms with van der Waals surface area (Å²) in [5, 5.41) is 8.76. The number of aliphatic carboxylic acids is 1. The Balaban J connectivity index is 2.66. The van der Waals surface area contributed by atoms with Crippen molar-refractivity contribution in [3.8, 4) is 0 Å². The average molecular weight is 274 g/mol. The summed E-state index contributed by atoms with van der Waals surface area (Å²) in [7, 11) is 0. The Kier molecular flexibility index (Phi) is 2.51. The number of rotatable bonds is 1. The molecule has 2 aliphatic carbocycles. The largest absolute Gasteiger partial charge is 0.481 e. The minimum atomic E-state index is -5.64. The SMILES string of the molecule is O=C(O)[C@@H]1[C@@H]2C=C[C@@H](C2)C1(C(F)(F)F)C(F)(F)F. The Morgan fingerprint density at radius 2 is 1.61 bits per heavy atom. The zero-order valence-corrected chi connectivity index (χ0v) is 8.72. The van der Waals surface area contributed by atoms with Gasteiger partial charge in [-0.25, -0.2) is 0 Å². The predicted octanol–water partition coefficient (Wildman–Crippen LogP) is 3.00. The molecule has 0 spiro atoms. The van der Waals surface area contributed by atoms with Crippen molar-refractivity contribution in [2.75, 3.05) is 0 Å². The van der Waals surface area contributed by atoms with Crippen molar-refractivity contribution in [3.63, 3.8) is 0 Å². The molecule has 0 aromatic carbocycles. The van der Waals surface area contributed by atoms with Crippen molar-refractivity contribution < 1.29 is 36.2 Å². The molecule has 1 fully saturated rings. The van der Waals surface area contributed by atoms with E-state index in [1.807, 2.05) is 0 Å². The lowest BCUT2D eigenvalue weighted by molar-refractivity contribution is -0.362. The molecule has 0 amide bonds. The van der Waals surface area contributed by atoms with Gasteiger partial charge in [-0.3, -0.25) is 4.79 Å². The summed E-state index contributed by atoms with van der Waals surface area (Å²) < 4.78 is 77.8. The van der Waals surface area contributed by atoms with Crippen LogP contribution in [0.5, 0.6) is 0 Å². The maximum atomic E-state index is 13.0. The highest BCUT2D eigenvalue weighted by Gasteiger charge is 2.82. The smallest absolute Gasteiger partial charge is 0.404 e. The number of hydrogen-bond donors (Lipinski definition) is 1. The van der Waals surface area contributed by atoms with Gasteiger partial charge in [0.2, 0.25) is 0 Å². The van der Waals surface area contributed by atoms with Crippen LogP contribution < -0.4 is 0 Å². The van der Waals surface area contributed by atoms with E-state index in [-0.39, 0.29) is 0 Å². The van der Waals surface area contributed by atoms with Crippen LogP contribution in [0.25, 0.3) is 0 Å². The number of allylic oxidation sites excluding steroid dienone is 2. The highest BCUT2D eigenvalue weighted by atomic mass is 19.4. The molecule has 0 aliphatic heterocycles. The van der Waals surface area contributed by atoms with Crippen molar-refractivity contribution in [2.24, 2.45) is 23.2 Å². The Bertz CT molecular complexity index is 394. The number of fused-ring (bicyclic) bond motifs is 2. The third-order valence-electron chi connectivity index (χ3n) is 3.82. The van der Waals surface area contributed by atoms with E-state index in [4.69, 9.17) is 5.11 Å². The monoisotopic (exact) mass is 274 g/mol. The fourth-order valence-electron chi connectivity index (χ4n) is 3.19. The van der Waals surface area contributed by atoms with Crippen molar-refractivity contribution in [1.29, 1.82) is 0 Å². The highest BCUT2D eigenvalue weighted by Crippen LogP contribution is 2.69. The van der Waals surface area contributed by atoms with Gasteiger partial charge in [-0.15, -0.1) is 0 Å². The second-order valence-corrected chi connectivity index (χ2v) is 4.57. The molecule has 1 N–H and O–H groups in total. The second kappa shape index (κ2) is 3.42. The molecule has 0 heterocycles. The number of halogens is 6. The van der Waals surface area contributed by atoms with Crippen LogP contribution in [0.4, 0.5) is 26.3 Å². The van der Waals surface area contributed by atoms with Gasteiger partial charge in [0.05, 0.1) is 5.92 Å². The molecule has 3 atom stereocenters. The standard InChI is InChI=1S/C10H8F6O2/c11-9(12,13)8(10(14,15)16)5-2-1-4(3-5)6(8)7(17)18/h1-2,4-6H,3H2,(H,17,18)/t4-,5+,6+/m1/s1. The molecule has 8 heteroatoms. The van der Waals surface area contributed by atoms with E-state index in [1.165, 1.54) is 0 Å². The van der Waals surface area contributed by atoms with E-state index in [9.17, 15) is 31.1 Å². The number of hydrogen-bond acceptors (Lipinski definition) is 1. The van der Waals surface area contributed by atoms with Gasteiger partial charge in [-0.2, -0.15) is 26.3 Å². The molecule has 2 aliphatic rings. The molecule has 0 unspecified atom stereocenters. The van der Waals surface area contributed by atoms with Gasteiger partial charge in [0.25, 0.3) is 0 Å². The summed E-state index contributed by atoms with van der Waals surface area (Å²) >= 11 is 0. The van der Waals surface area contributed by atoms with Crippen LogP contribution in [0, 0.1) is 23.2 Å². The molecule has 0 aromatic rings. The van der Waals surface area contributed by atoms with E-state index in [0.717, 1.165) is 12.2 Å². The number of carboxylic acids is 1. The zero-order chi connectivity index (χ0) is 13.9. The highest BCUT2D eigenvalue weighted by molar-refractivity contribution is 5.73. The molecular formula is C10H8F6O2. The van der Waals surface area contributed by atoms with Crippen LogP contribution in [0.15, 0.2) is 12.2 Å². The summed E-state index contributed by atoms with van der Waals surface area (Å²) in [6.07, 6.45) is -9.72. The minimum Gasteiger partial charge on any atom is -0.481 e. The first-order chi connectivity index (χ1) is 8.03. The summed E-state index contributed by atoms with van der Waals surface area (Å²) in [6, 6.07) is 0. The maximum absolute atomic E-state index is 13.0. The normalized spacial score (nSPS) is 34.0. The van der Waals surface area contributed by atoms with Gasteiger partial charge in [0.1, 0.15) is 0 Å². The van der Waals surface area contributed by atoms with Crippen molar-refractivity contribution in [3.05, 3.63) is 12.2 Å². The van der Waals surface area contributed by atoms with Crippen LogP contribution in [-0.2, 0) is 4.79 Å². The van der Waals surface area contributed by atoms with Crippen LogP contribution in [-0.4, -0.2) is 23.4 Å². The quantitative estimate of drug-likeness (QED) is 0.589. The molecule has 2 nitrogen and oxygen atoms in total. The van der Waals surface area contributed by atoms with Gasteiger partial charge >= 0.3 is 18.3 Å². The summed E-state index contributed by atoms with van der Waals surface area (Å²) in [5.74, 6) is -7.60. The van der Waals surface area contributed by atoms with Crippen LogP contribution in [0.3, 0.4) is 0 Å². The number of carbonyl (C=O) groups is 1. The molecule has 0 aromatic heterocycles. The van der Waals surface area contributed by atoms with Gasteiger partial charge < -0.3 is 5.11 Å². The topological polar surface area (TPSA) is 37.3 Å². The summed E-state index contributed by atoms with van der Waals surface area (Å²) in [4.78, 5) is 10.9. The molecule has 0 radical (unpaired) electrons. The van der Waals surface area contributed by atoms with Gasteiger partial charge in [-0.1, -0.05) is 12.2 Å². The fourth-order valence-corrected chi connectivity index (χ4v) is 3.19. The Morgan fingerprint density at radius 3 is 1.94 bits per heavy atom. The predicted molar refractivity (Wildman–Crippen MR) is 46.4 cm³/mol. The third kappa shape index (κ3) is 1.34. The summed E-state index contributed by atoms with van der Waals surface area (Å²) in [5.41, 5.74) is -4.16. The third-order valence-corrected chi connectivity index (χ3v) is 3.82. The number of alkyl halides is 6. The van der Waals surface area contributed by atoms with E-state index in [2.05, 4.69) is 0 Å². The lowest BCUT2D eigenvalue weighted by atomic mass is 9.67. The lowest BCUT2D eigenvalue weighted by Gasteiger charge is -2.42. The number of carboxylic acid groups (broad SMARTS) is 1. The molecule has 18 heavy (non-hydrogen) atoms. The second-order valence-electron chi connectivity index (χ2n) is 4.57. The first kappa shape index (κ1) is 13.2. The van der Waals surface area contributed by atoms with E-state index in [1.54, 1.807) is 0 Å². The zero-order valence-electron chi connectivity index (χ0n) is 8.72. The molecular weight excluding hydrogens is 266 g/mol. The van der Waals surface area contributed by atoms with E-state index >= 15 is 0 Å². The van der Waals surface area contributed by atoms with Crippen LogP contribution >= 0.6 is 0 Å². The first-order valence-corrected chi connectivity index (χ1v) is 5.08. The molecule has 0 saturated heterocycles. The van der Waals surface area contributed by atoms with Gasteiger partial charge in [0, 0.05) is 5.92 Å².